The first-order chi connectivity index (χ1) is 9.84. The zero-order valence-corrected chi connectivity index (χ0v) is 12.5. The van der Waals surface area contributed by atoms with Crippen LogP contribution in [0.5, 0.6) is 0 Å². The van der Waals surface area contributed by atoms with E-state index < -0.39 is 30.5 Å². The molecule has 0 bridgehead atoms. The van der Waals surface area contributed by atoms with E-state index in [-0.39, 0.29) is 18.0 Å². The number of amides is 1. The first-order valence-corrected chi connectivity index (χ1v) is 6.18. The monoisotopic (exact) mass is 332 g/mol. The van der Waals surface area contributed by atoms with Crippen LogP contribution in [0.4, 0.5) is 8.78 Å². The highest BCUT2D eigenvalue weighted by Crippen LogP contribution is 2.09. The molecule has 0 radical (unpaired) electrons. The summed E-state index contributed by atoms with van der Waals surface area (Å²) in [4.78, 5) is 27.9. The standard InChI is InChI=1S/C13H14F2N4O2.ClH/c1-8-2-3-19-10(4-8)17-5-9(12(19)21)11(20)18-7-13(14,15)6-16;/h2-5H,6-7,16H2,1H3,(H,18,20);1H. The summed E-state index contributed by atoms with van der Waals surface area (Å²) in [5.41, 5.74) is 5.23. The van der Waals surface area contributed by atoms with Gasteiger partial charge < -0.3 is 11.1 Å². The minimum atomic E-state index is -3.22. The van der Waals surface area contributed by atoms with Gasteiger partial charge in [0.05, 0.1) is 13.1 Å². The second-order valence-electron chi connectivity index (χ2n) is 4.65. The number of carbonyl (C=O) groups is 1. The van der Waals surface area contributed by atoms with Crippen molar-refractivity contribution in [1.82, 2.24) is 14.7 Å². The molecule has 0 saturated carbocycles. The van der Waals surface area contributed by atoms with E-state index in [9.17, 15) is 18.4 Å². The minimum Gasteiger partial charge on any atom is -0.346 e. The molecule has 0 fully saturated rings. The zero-order chi connectivity index (χ0) is 15.6. The molecule has 0 spiro atoms. The van der Waals surface area contributed by atoms with E-state index in [1.165, 1.54) is 10.6 Å². The Morgan fingerprint density at radius 3 is 2.82 bits per heavy atom. The fourth-order valence-corrected chi connectivity index (χ4v) is 1.71. The minimum absolute atomic E-state index is 0. The van der Waals surface area contributed by atoms with Gasteiger partial charge in [-0.25, -0.2) is 13.8 Å². The average Bonchev–Trinajstić information content (AvgIpc) is 2.45. The third-order valence-electron chi connectivity index (χ3n) is 2.92. The molecule has 2 aromatic rings. The van der Waals surface area contributed by atoms with Crippen LogP contribution in [0.3, 0.4) is 0 Å². The van der Waals surface area contributed by atoms with Crippen molar-refractivity contribution in [1.29, 1.82) is 0 Å². The van der Waals surface area contributed by atoms with E-state index in [0.29, 0.717) is 5.65 Å². The van der Waals surface area contributed by atoms with E-state index in [2.05, 4.69) is 4.98 Å². The number of nitrogens with one attached hydrogen (secondary N) is 1. The normalized spacial score (nSPS) is 11.1. The summed E-state index contributed by atoms with van der Waals surface area (Å²) >= 11 is 0. The predicted molar refractivity (Wildman–Crippen MR) is 79.8 cm³/mol. The lowest BCUT2D eigenvalue weighted by Crippen LogP contribution is -2.43. The van der Waals surface area contributed by atoms with Crippen LogP contribution in [0.25, 0.3) is 5.65 Å². The Balaban J connectivity index is 0.00000242. The Hall–Kier alpha value is -2.06. The average molecular weight is 333 g/mol. The highest BCUT2D eigenvalue weighted by Gasteiger charge is 2.28. The maximum atomic E-state index is 13.0. The fourth-order valence-electron chi connectivity index (χ4n) is 1.71. The van der Waals surface area contributed by atoms with Crippen molar-refractivity contribution in [2.24, 2.45) is 5.73 Å². The molecule has 0 atom stereocenters. The van der Waals surface area contributed by atoms with Crippen molar-refractivity contribution in [3.05, 3.63) is 46.0 Å². The van der Waals surface area contributed by atoms with Crippen LogP contribution in [-0.2, 0) is 0 Å². The van der Waals surface area contributed by atoms with Gasteiger partial charge >= 0.3 is 0 Å². The molecule has 3 N–H and O–H groups in total. The highest BCUT2D eigenvalue weighted by molar-refractivity contribution is 5.93. The van der Waals surface area contributed by atoms with Gasteiger partial charge in [-0.05, 0) is 24.6 Å². The SMILES string of the molecule is Cc1ccn2c(=O)c(C(=O)NCC(F)(F)CN)cnc2c1.Cl. The number of hydrogen-bond donors (Lipinski definition) is 2. The second kappa shape index (κ2) is 6.80. The molecule has 0 aliphatic heterocycles. The molecule has 120 valence electrons. The van der Waals surface area contributed by atoms with Gasteiger partial charge in [0.1, 0.15) is 11.2 Å². The summed E-state index contributed by atoms with van der Waals surface area (Å²) < 4.78 is 27.2. The quantitative estimate of drug-likeness (QED) is 0.864. The first-order valence-electron chi connectivity index (χ1n) is 6.18. The van der Waals surface area contributed by atoms with Gasteiger partial charge in [-0.15, -0.1) is 12.4 Å². The number of pyridine rings is 1. The van der Waals surface area contributed by atoms with Crippen LogP contribution in [0, 0.1) is 6.92 Å². The topological polar surface area (TPSA) is 89.5 Å². The molecular weight excluding hydrogens is 318 g/mol. The number of nitrogens with zero attached hydrogens (tertiary/aromatic N) is 2. The lowest BCUT2D eigenvalue weighted by atomic mass is 10.2. The van der Waals surface area contributed by atoms with Crippen LogP contribution in [0.1, 0.15) is 15.9 Å². The van der Waals surface area contributed by atoms with Crippen LogP contribution in [-0.4, -0.2) is 34.3 Å². The van der Waals surface area contributed by atoms with Crippen molar-refractivity contribution in [2.45, 2.75) is 12.8 Å². The van der Waals surface area contributed by atoms with Gasteiger partial charge in [0.25, 0.3) is 17.4 Å². The molecule has 2 aromatic heterocycles. The molecule has 2 heterocycles. The van der Waals surface area contributed by atoms with Crippen molar-refractivity contribution >= 4 is 24.0 Å². The largest absolute Gasteiger partial charge is 0.346 e. The Labute approximate surface area is 130 Å². The summed E-state index contributed by atoms with van der Waals surface area (Å²) in [5, 5.41) is 1.98. The van der Waals surface area contributed by atoms with Crippen LogP contribution < -0.4 is 16.6 Å². The van der Waals surface area contributed by atoms with E-state index in [1.807, 2.05) is 12.2 Å². The molecule has 6 nitrogen and oxygen atoms in total. The third-order valence-corrected chi connectivity index (χ3v) is 2.92. The van der Waals surface area contributed by atoms with Gasteiger partial charge in [0.15, 0.2) is 0 Å². The molecule has 0 aliphatic rings. The predicted octanol–water partition coefficient (Wildman–Crippen LogP) is 0.749. The Kier molecular flexibility index (Phi) is 5.56. The number of fused-ring (bicyclic) bond motifs is 1. The number of aryl methyl sites for hydroxylation is 1. The van der Waals surface area contributed by atoms with Crippen LogP contribution in [0.2, 0.25) is 0 Å². The second-order valence-corrected chi connectivity index (χ2v) is 4.65. The first kappa shape index (κ1) is 18.0. The third kappa shape index (κ3) is 3.77. The maximum absolute atomic E-state index is 13.0. The van der Waals surface area contributed by atoms with Gasteiger partial charge in [0.2, 0.25) is 0 Å². The smallest absolute Gasteiger partial charge is 0.277 e. The molecule has 0 aliphatic carbocycles. The molecule has 1 amide bonds. The molecule has 0 aromatic carbocycles. The summed E-state index contributed by atoms with van der Waals surface area (Å²) in [7, 11) is 0. The Morgan fingerprint density at radius 1 is 1.50 bits per heavy atom. The summed E-state index contributed by atoms with van der Waals surface area (Å²) in [6, 6.07) is 3.35. The maximum Gasteiger partial charge on any atom is 0.277 e. The number of rotatable bonds is 4. The van der Waals surface area contributed by atoms with E-state index in [0.717, 1.165) is 11.8 Å². The molecule has 22 heavy (non-hydrogen) atoms. The molecule has 2 rings (SSSR count). The number of alkyl halides is 2. The van der Waals surface area contributed by atoms with Gasteiger partial charge in [0, 0.05) is 12.4 Å². The van der Waals surface area contributed by atoms with Crippen molar-refractivity contribution in [3.8, 4) is 0 Å². The molecule has 0 saturated heterocycles. The number of hydrogen-bond acceptors (Lipinski definition) is 4. The van der Waals surface area contributed by atoms with Crippen molar-refractivity contribution in [3.63, 3.8) is 0 Å². The van der Waals surface area contributed by atoms with E-state index in [1.54, 1.807) is 12.1 Å². The van der Waals surface area contributed by atoms with E-state index >= 15 is 0 Å². The number of halogens is 3. The van der Waals surface area contributed by atoms with Crippen molar-refractivity contribution in [2.75, 3.05) is 13.1 Å². The fraction of sp³-hybridized carbons (Fsp3) is 0.308. The lowest BCUT2D eigenvalue weighted by molar-refractivity contribution is 0.0118. The summed E-state index contributed by atoms with van der Waals surface area (Å²) in [5.74, 6) is -4.12. The number of nitrogens with two attached hydrogens (primary N) is 1. The van der Waals surface area contributed by atoms with E-state index in [4.69, 9.17) is 5.73 Å². The lowest BCUT2D eigenvalue weighted by Gasteiger charge is -2.14. The zero-order valence-electron chi connectivity index (χ0n) is 11.7. The van der Waals surface area contributed by atoms with Crippen molar-refractivity contribution < 1.29 is 13.6 Å². The van der Waals surface area contributed by atoms with Crippen LogP contribution in [0.15, 0.2) is 29.3 Å². The summed E-state index contributed by atoms with van der Waals surface area (Å²) in [6.45, 7) is 0.0154. The highest BCUT2D eigenvalue weighted by atomic mass is 35.5. The Morgan fingerprint density at radius 2 is 2.18 bits per heavy atom. The Bertz CT molecular complexity index is 748. The number of aromatic nitrogens is 2. The molecular formula is C13H15ClF2N4O2. The van der Waals surface area contributed by atoms with Gasteiger partial charge in [-0.3, -0.25) is 14.0 Å². The number of carbonyl (C=O) groups excluding carboxylic acids is 1. The summed E-state index contributed by atoms with van der Waals surface area (Å²) in [6.07, 6.45) is 2.55. The van der Waals surface area contributed by atoms with Gasteiger partial charge in [-0.2, -0.15) is 0 Å². The van der Waals surface area contributed by atoms with Crippen LogP contribution >= 0.6 is 12.4 Å². The van der Waals surface area contributed by atoms with Gasteiger partial charge in [-0.1, -0.05) is 0 Å². The molecule has 0 unspecified atom stereocenters. The molecule has 9 heteroatoms.